The third-order valence-electron chi connectivity index (χ3n) is 7.30. The molecule has 0 aliphatic carbocycles. The fraction of sp³-hybridized carbons (Fsp3) is 0.0278. The Kier molecular flexibility index (Phi) is 5.87. The second-order valence-electron chi connectivity index (χ2n) is 9.70. The Morgan fingerprint density at radius 1 is 0.462 bits per heavy atom. The lowest BCUT2D eigenvalue weighted by Gasteiger charge is -2.33. The maximum atomic E-state index is 5.33. The van der Waals surface area contributed by atoms with Crippen LogP contribution in [0.4, 0.5) is 11.4 Å². The molecule has 0 bridgehead atoms. The minimum absolute atomic E-state index is 0.158. The van der Waals surface area contributed by atoms with Crippen molar-refractivity contribution in [1.82, 2.24) is 0 Å². The molecular formula is C36H27N3. The minimum atomic E-state index is -0.158. The predicted molar refractivity (Wildman–Crippen MR) is 163 cm³/mol. The standard InChI is InChI=1S/C36H27N3/c1-4-13-27(14-5-1)28-23-25-32(26-24-28)39-36(31-18-8-3-9-19-31)38(35(37-39)30-16-6-2-7-17-30)34-22-12-20-29-15-10-11-21-33(29)34/h1-26,36H. The maximum Gasteiger partial charge on any atom is 0.162 e. The zero-order chi connectivity index (χ0) is 26.0. The van der Waals surface area contributed by atoms with E-state index in [1.54, 1.807) is 0 Å². The van der Waals surface area contributed by atoms with Crippen molar-refractivity contribution in [3.63, 3.8) is 0 Å². The van der Waals surface area contributed by atoms with Crippen LogP contribution in [0.1, 0.15) is 17.3 Å². The summed E-state index contributed by atoms with van der Waals surface area (Å²) in [7, 11) is 0. The van der Waals surface area contributed by atoms with Crippen LogP contribution in [-0.2, 0) is 0 Å². The van der Waals surface area contributed by atoms with Crippen molar-refractivity contribution < 1.29 is 0 Å². The number of hydrogen-bond donors (Lipinski definition) is 0. The Labute approximate surface area is 228 Å². The van der Waals surface area contributed by atoms with Crippen molar-refractivity contribution in [2.45, 2.75) is 6.17 Å². The number of benzene rings is 6. The van der Waals surface area contributed by atoms with Crippen LogP contribution in [0.5, 0.6) is 0 Å². The molecule has 186 valence electrons. The number of nitrogens with zero attached hydrogens (tertiary/aromatic N) is 3. The third kappa shape index (κ3) is 4.24. The molecule has 1 aliphatic heterocycles. The number of hydrazone groups is 1. The van der Waals surface area contributed by atoms with Crippen LogP contribution in [-0.4, -0.2) is 5.84 Å². The fourth-order valence-corrected chi connectivity index (χ4v) is 5.43. The molecule has 0 saturated carbocycles. The van der Waals surface area contributed by atoms with E-state index in [1.165, 1.54) is 27.5 Å². The summed E-state index contributed by atoms with van der Waals surface area (Å²) in [5.41, 5.74) is 6.82. The molecule has 1 atom stereocenters. The number of rotatable bonds is 5. The third-order valence-corrected chi connectivity index (χ3v) is 7.30. The fourth-order valence-electron chi connectivity index (χ4n) is 5.43. The molecule has 0 N–H and O–H groups in total. The predicted octanol–water partition coefficient (Wildman–Crippen LogP) is 8.89. The first-order chi connectivity index (χ1) is 19.4. The van der Waals surface area contributed by atoms with Gasteiger partial charge in [-0.1, -0.05) is 140 Å². The highest BCUT2D eigenvalue weighted by molar-refractivity contribution is 6.16. The molecule has 1 unspecified atom stereocenters. The van der Waals surface area contributed by atoms with Gasteiger partial charge in [0.1, 0.15) is 0 Å². The Balaban J connectivity index is 1.42. The number of amidine groups is 1. The summed E-state index contributed by atoms with van der Waals surface area (Å²) >= 11 is 0. The van der Waals surface area contributed by atoms with Gasteiger partial charge in [0, 0.05) is 10.9 Å². The van der Waals surface area contributed by atoms with Gasteiger partial charge in [0.05, 0.1) is 11.4 Å². The van der Waals surface area contributed by atoms with Gasteiger partial charge >= 0.3 is 0 Å². The van der Waals surface area contributed by atoms with Crippen molar-refractivity contribution in [1.29, 1.82) is 0 Å². The second-order valence-corrected chi connectivity index (χ2v) is 9.70. The molecule has 0 saturated heterocycles. The van der Waals surface area contributed by atoms with Crippen LogP contribution in [0.2, 0.25) is 0 Å². The van der Waals surface area contributed by atoms with Crippen LogP contribution in [0.15, 0.2) is 163 Å². The molecule has 7 rings (SSSR count). The minimum Gasteiger partial charge on any atom is -0.297 e. The van der Waals surface area contributed by atoms with Crippen LogP contribution < -0.4 is 9.91 Å². The van der Waals surface area contributed by atoms with E-state index >= 15 is 0 Å². The molecule has 0 spiro atoms. The summed E-state index contributed by atoms with van der Waals surface area (Å²) in [6, 6.07) is 55.5. The van der Waals surface area contributed by atoms with Crippen molar-refractivity contribution in [3.05, 3.63) is 169 Å². The summed E-state index contributed by atoms with van der Waals surface area (Å²) in [5.74, 6) is 0.924. The quantitative estimate of drug-likeness (QED) is 0.235. The highest BCUT2D eigenvalue weighted by atomic mass is 15.6. The zero-order valence-corrected chi connectivity index (χ0v) is 21.4. The molecule has 0 amide bonds. The topological polar surface area (TPSA) is 18.8 Å². The van der Waals surface area contributed by atoms with Gasteiger partial charge in [-0.3, -0.25) is 4.90 Å². The average molecular weight is 502 g/mol. The van der Waals surface area contributed by atoms with Crippen molar-refractivity contribution in [3.8, 4) is 11.1 Å². The van der Waals surface area contributed by atoms with Gasteiger partial charge in [0.25, 0.3) is 0 Å². The molecule has 1 heterocycles. The van der Waals surface area contributed by atoms with E-state index in [1.807, 2.05) is 6.07 Å². The molecule has 6 aromatic carbocycles. The van der Waals surface area contributed by atoms with E-state index < -0.39 is 0 Å². The van der Waals surface area contributed by atoms with Crippen molar-refractivity contribution in [2.75, 3.05) is 9.91 Å². The van der Waals surface area contributed by atoms with E-state index in [0.29, 0.717) is 0 Å². The van der Waals surface area contributed by atoms with Crippen molar-refractivity contribution >= 4 is 28.0 Å². The first-order valence-electron chi connectivity index (χ1n) is 13.3. The lowest BCUT2D eigenvalue weighted by atomic mass is 10.0. The first-order valence-corrected chi connectivity index (χ1v) is 13.3. The Morgan fingerprint density at radius 3 is 1.74 bits per heavy atom. The Morgan fingerprint density at radius 2 is 1.03 bits per heavy atom. The van der Waals surface area contributed by atoms with E-state index in [9.17, 15) is 0 Å². The smallest absolute Gasteiger partial charge is 0.162 e. The maximum absolute atomic E-state index is 5.33. The van der Waals surface area contributed by atoms with Crippen LogP contribution in [0, 0.1) is 0 Å². The van der Waals surface area contributed by atoms with Gasteiger partial charge in [-0.2, -0.15) is 5.10 Å². The molecule has 39 heavy (non-hydrogen) atoms. The van der Waals surface area contributed by atoms with Gasteiger partial charge in [-0.15, -0.1) is 0 Å². The Hall–Kier alpha value is -5.15. The van der Waals surface area contributed by atoms with Gasteiger partial charge in [0.15, 0.2) is 12.0 Å². The van der Waals surface area contributed by atoms with Crippen LogP contribution in [0.25, 0.3) is 21.9 Å². The molecule has 3 heteroatoms. The molecular weight excluding hydrogens is 474 g/mol. The largest absolute Gasteiger partial charge is 0.297 e. The molecule has 3 nitrogen and oxygen atoms in total. The SMILES string of the molecule is c1ccc(C2=NN(c3ccc(-c4ccccc4)cc3)C(c3ccccc3)N2c2cccc3ccccc23)cc1. The lowest BCUT2D eigenvalue weighted by Crippen LogP contribution is -2.35. The monoisotopic (exact) mass is 501 g/mol. The number of fused-ring (bicyclic) bond motifs is 1. The molecule has 0 radical (unpaired) electrons. The van der Waals surface area contributed by atoms with E-state index in [-0.39, 0.29) is 6.17 Å². The van der Waals surface area contributed by atoms with Crippen LogP contribution in [0.3, 0.4) is 0 Å². The zero-order valence-electron chi connectivity index (χ0n) is 21.4. The van der Waals surface area contributed by atoms with Crippen molar-refractivity contribution in [2.24, 2.45) is 5.10 Å². The highest BCUT2D eigenvalue weighted by Gasteiger charge is 2.38. The van der Waals surface area contributed by atoms with Gasteiger partial charge in [-0.25, -0.2) is 5.01 Å². The summed E-state index contributed by atoms with van der Waals surface area (Å²) < 4.78 is 0. The first kappa shape index (κ1) is 23.0. The lowest BCUT2D eigenvalue weighted by molar-refractivity contribution is 0.704. The highest BCUT2D eigenvalue weighted by Crippen LogP contribution is 2.42. The normalized spacial score (nSPS) is 15.0. The van der Waals surface area contributed by atoms with Gasteiger partial charge in [0.2, 0.25) is 0 Å². The number of anilines is 2. The van der Waals surface area contributed by atoms with E-state index in [4.69, 9.17) is 5.10 Å². The molecule has 0 aromatic heterocycles. The average Bonchev–Trinajstić information content (AvgIpc) is 3.43. The van der Waals surface area contributed by atoms with Crippen LogP contribution >= 0.6 is 0 Å². The summed E-state index contributed by atoms with van der Waals surface area (Å²) in [6.07, 6.45) is -0.158. The summed E-state index contributed by atoms with van der Waals surface area (Å²) in [5, 5.41) is 9.90. The molecule has 1 aliphatic rings. The molecule has 6 aromatic rings. The summed E-state index contributed by atoms with van der Waals surface area (Å²) in [6.45, 7) is 0. The van der Waals surface area contributed by atoms with Gasteiger partial charge < -0.3 is 0 Å². The Bertz CT molecular complexity index is 1740. The second kappa shape index (κ2) is 9.96. The van der Waals surface area contributed by atoms with Gasteiger partial charge in [-0.05, 0) is 40.3 Å². The van der Waals surface area contributed by atoms with E-state index in [0.717, 1.165) is 22.8 Å². The molecule has 0 fully saturated rings. The van der Waals surface area contributed by atoms with E-state index in [2.05, 4.69) is 162 Å². The number of hydrogen-bond acceptors (Lipinski definition) is 3. The summed E-state index contributed by atoms with van der Waals surface area (Å²) in [4.78, 5) is 2.39.